The van der Waals surface area contributed by atoms with E-state index in [1.165, 1.54) is 9.21 Å². The quantitative estimate of drug-likeness (QED) is 0.366. The molecule has 0 bridgehead atoms. The summed E-state index contributed by atoms with van der Waals surface area (Å²) >= 11 is 12.4. The molecule has 210 valence electrons. The van der Waals surface area contributed by atoms with E-state index in [0.29, 0.717) is 33.7 Å². The largest absolute Gasteiger partial charge is 0.492 e. The number of rotatable bonds is 12. The Hall–Kier alpha value is -2.49. The van der Waals surface area contributed by atoms with Crippen molar-refractivity contribution >= 4 is 50.7 Å². The molecule has 2 aromatic carbocycles. The van der Waals surface area contributed by atoms with Crippen molar-refractivity contribution in [2.75, 3.05) is 23.7 Å². The van der Waals surface area contributed by atoms with Gasteiger partial charge in [0.1, 0.15) is 11.8 Å². The number of hydrogen-bond donors (Lipinski definition) is 1. The van der Waals surface area contributed by atoms with Gasteiger partial charge in [-0.2, -0.15) is 0 Å². The number of hydrogen-bond acceptors (Lipinski definition) is 5. The Kier molecular flexibility index (Phi) is 11.3. The van der Waals surface area contributed by atoms with Crippen LogP contribution in [0.2, 0.25) is 10.0 Å². The van der Waals surface area contributed by atoms with E-state index in [0.717, 1.165) is 6.26 Å². The summed E-state index contributed by atoms with van der Waals surface area (Å²) in [5, 5.41) is 3.75. The highest BCUT2D eigenvalue weighted by Gasteiger charge is 2.29. The molecule has 8 nitrogen and oxygen atoms in total. The molecule has 11 heteroatoms. The molecule has 0 heterocycles. The number of ether oxygens (including phenoxy) is 1. The maximum atomic E-state index is 13.5. The van der Waals surface area contributed by atoms with E-state index in [1.807, 2.05) is 27.7 Å². The fourth-order valence-electron chi connectivity index (χ4n) is 3.81. The van der Waals surface area contributed by atoms with E-state index in [1.54, 1.807) is 49.4 Å². The summed E-state index contributed by atoms with van der Waals surface area (Å²) in [6, 6.07) is 11.0. The first-order valence-electron chi connectivity index (χ1n) is 12.4. The predicted octanol–water partition coefficient (Wildman–Crippen LogP) is 5.27. The number of carbonyl (C=O) groups excluding carboxylic acids is 2. The number of benzene rings is 2. The highest BCUT2D eigenvalue weighted by atomic mass is 35.5. The van der Waals surface area contributed by atoms with Crippen molar-refractivity contribution in [1.29, 1.82) is 0 Å². The van der Waals surface area contributed by atoms with Crippen molar-refractivity contribution in [3.8, 4) is 5.75 Å². The molecule has 1 atom stereocenters. The molecule has 0 fully saturated rings. The number of amides is 2. The Morgan fingerprint density at radius 3 is 2.34 bits per heavy atom. The number of sulfonamides is 1. The molecule has 0 radical (unpaired) electrons. The van der Waals surface area contributed by atoms with E-state index >= 15 is 0 Å². The second-order valence-electron chi connectivity index (χ2n) is 10.0. The fourth-order valence-corrected chi connectivity index (χ4v) is 5.25. The highest BCUT2D eigenvalue weighted by Crippen LogP contribution is 2.30. The topological polar surface area (TPSA) is 96.0 Å². The Labute approximate surface area is 236 Å². The van der Waals surface area contributed by atoms with Crippen LogP contribution in [-0.4, -0.2) is 56.1 Å². The van der Waals surface area contributed by atoms with E-state index in [2.05, 4.69) is 5.32 Å². The zero-order valence-electron chi connectivity index (χ0n) is 22.8. The zero-order valence-corrected chi connectivity index (χ0v) is 25.1. The van der Waals surface area contributed by atoms with Gasteiger partial charge in [0.05, 0.1) is 18.6 Å². The van der Waals surface area contributed by atoms with Crippen LogP contribution in [0.1, 0.15) is 53.0 Å². The minimum absolute atomic E-state index is 0.0150. The van der Waals surface area contributed by atoms with Crippen LogP contribution in [0.15, 0.2) is 42.5 Å². The molecule has 0 aliphatic heterocycles. The first kappa shape index (κ1) is 31.7. The fraction of sp³-hybridized carbons (Fsp3) is 0.481. The van der Waals surface area contributed by atoms with Gasteiger partial charge in [0, 0.05) is 35.1 Å². The van der Waals surface area contributed by atoms with Crippen LogP contribution in [0.5, 0.6) is 5.75 Å². The molecule has 0 spiro atoms. The standard InChI is InChI=1S/C27H37Cl2N3O5S/c1-7-37-24-12-9-8-11-23(24)32(38(6,35)36)16-10-13-25(33)31(19(2)26(34)30-27(3,4)5)18-20-14-15-21(28)17-22(20)29/h8-9,11-12,14-15,17,19H,7,10,13,16,18H2,1-6H3,(H,30,34)/t19-/m1/s1. The summed E-state index contributed by atoms with van der Waals surface area (Å²) < 4.78 is 32.1. The lowest BCUT2D eigenvalue weighted by molar-refractivity contribution is -0.141. The summed E-state index contributed by atoms with van der Waals surface area (Å²) in [7, 11) is -3.65. The van der Waals surface area contributed by atoms with Gasteiger partial charge in [-0.3, -0.25) is 13.9 Å². The van der Waals surface area contributed by atoms with Gasteiger partial charge < -0.3 is 15.0 Å². The second-order valence-corrected chi connectivity index (χ2v) is 12.8. The van der Waals surface area contributed by atoms with Crippen molar-refractivity contribution in [3.63, 3.8) is 0 Å². The first-order valence-corrected chi connectivity index (χ1v) is 15.0. The molecule has 0 saturated carbocycles. The smallest absolute Gasteiger partial charge is 0.242 e. The Balaban J connectivity index is 2.26. The van der Waals surface area contributed by atoms with Crippen LogP contribution >= 0.6 is 23.2 Å². The number of carbonyl (C=O) groups is 2. The molecule has 0 aliphatic carbocycles. The number of nitrogens with one attached hydrogen (secondary N) is 1. The van der Waals surface area contributed by atoms with Crippen molar-refractivity contribution < 1.29 is 22.7 Å². The zero-order chi connectivity index (χ0) is 28.7. The minimum Gasteiger partial charge on any atom is -0.492 e. The molecule has 2 rings (SSSR count). The Morgan fingerprint density at radius 2 is 1.76 bits per heavy atom. The summed E-state index contributed by atoms with van der Waals surface area (Å²) in [5.41, 5.74) is 0.567. The van der Waals surface area contributed by atoms with Crippen LogP contribution in [0.25, 0.3) is 0 Å². The van der Waals surface area contributed by atoms with E-state index < -0.39 is 21.6 Å². The van der Waals surface area contributed by atoms with E-state index in [4.69, 9.17) is 27.9 Å². The predicted molar refractivity (Wildman–Crippen MR) is 153 cm³/mol. The molecule has 0 saturated heterocycles. The maximum Gasteiger partial charge on any atom is 0.242 e. The van der Waals surface area contributed by atoms with Gasteiger partial charge in [-0.25, -0.2) is 8.42 Å². The number of para-hydroxylation sites is 2. The Morgan fingerprint density at radius 1 is 1.11 bits per heavy atom. The van der Waals surface area contributed by atoms with Crippen LogP contribution in [0.3, 0.4) is 0 Å². The van der Waals surface area contributed by atoms with Gasteiger partial charge >= 0.3 is 0 Å². The number of anilines is 1. The molecule has 2 aromatic rings. The summed E-state index contributed by atoms with van der Waals surface area (Å²) in [6.45, 7) is 9.59. The van der Waals surface area contributed by atoms with E-state index in [-0.39, 0.29) is 37.7 Å². The third kappa shape index (κ3) is 9.36. The first-order chi connectivity index (χ1) is 17.6. The number of halogens is 2. The third-order valence-corrected chi connectivity index (χ3v) is 7.37. The van der Waals surface area contributed by atoms with Gasteiger partial charge in [-0.05, 0) is 70.9 Å². The lowest BCUT2D eigenvalue weighted by Crippen LogP contribution is -2.52. The van der Waals surface area contributed by atoms with E-state index in [9.17, 15) is 18.0 Å². The molecule has 0 unspecified atom stereocenters. The van der Waals surface area contributed by atoms with Crippen LogP contribution in [0, 0.1) is 0 Å². The molecule has 38 heavy (non-hydrogen) atoms. The van der Waals surface area contributed by atoms with Crippen molar-refractivity contribution in [2.24, 2.45) is 0 Å². The van der Waals surface area contributed by atoms with Crippen LogP contribution in [0.4, 0.5) is 5.69 Å². The lowest BCUT2D eigenvalue weighted by Gasteiger charge is -2.32. The highest BCUT2D eigenvalue weighted by molar-refractivity contribution is 7.92. The molecule has 0 aromatic heterocycles. The molecular formula is C27H37Cl2N3O5S. The summed E-state index contributed by atoms with van der Waals surface area (Å²) in [4.78, 5) is 27.9. The molecule has 2 amide bonds. The van der Waals surface area contributed by atoms with Crippen molar-refractivity contribution in [1.82, 2.24) is 10.2 Å². The third-order valence-electron chi connectivity index (χ3n) is 5.61. The second kappa shape index (κ2) is 13.5. The maximum absolute atomic E-state index is 13.5. The van der Waals surface area contributed by atoms with Gasteiger partial charge in [0.25, 0.3) is 0 Å². The normalized spacial score (nSPS) is 12.5. The summed E-state index contributed by atoms with van der Waals surface area (Å²) in [6.07, 6.45) is 1.36. The van der Waals surface area contributed by atoms with Crippen molar-refractivity contribution in [2.45, 2.75) is 65.6 Å². The number of nitrogens with zero attached hydrogens (tertiary/aromatic N) is 2. The Bertz CT molecular complexity index is 1230. The molecule has 0 aliphatic rings. The van der Waals surface area contributed by atoms with Gasteiger partial charge in [-0.1, -0.05) is 41.4 Å². The summed E-state index contributed by atoms with van der Waals surface area (Å²) in [5.74, 6) is -0.170. The minimum atomic E-state index is -3.65. The van der Waals surface area contributed by atoms with Crippen molar-refractivity contribution in [3.05, 3.63) is 58.1 Å². The lowest BCUT2D eigenvalue weighted by atomic mass is 10.1. The van der Waals surface area contributed by atoms with Crippen LogP contribution in [-0.2, 0) is 26.2 Å². The van der Waals surface area contributed by atoms with Gasteiger partial charge in [-0.15, -0.1) is 0 Å². The van der Waals surface area contributed by atoms with Gasteiger partial charge in [0.15, 0.2) is 0 Å². The SMILES string of the molecule is CCOc1ccccc1N(CCCC(=O)N(Cc1ccc(Cl)cc1Cl)[C@H](C)C(=O)NC(C)(C)C)S(C)(=O)=O. The average molecular weight is 587 g/mol. The van der Waals surface area contributed by atoms with Gasteiger partial charge in [0.2, 0.25) is 21.8 Å². The average Bonchev–Trinajstić information content (AvgIpc) is 2.80. The van der Waals surface area contributed by atoms with Crippen LogP contribution < -0.4 is 14.4 Å². The molecular weight excluding hydrogens is 549 g/mol. The monoisotopic (exact) mass is 585 g/mol. The molecule has 1 N–H and O–H groups in total.